The number of sulfonamides is 1. The third-order valence-electron chi connectivity index (χ3n) is 4.61. The van der Waals surface area contributed by atoms with E-state index in [0.717, 1.165) is 17.8 Å². The van der Waals surface area contributed by atoms with E-state index in [2.05, 4.69) is 15.1 Å². The van der Waals surface area contributed by atoms with E-state index in [0.29, 0.717) is 16.9 Å². The summed E-state index contributed by atoms with van der Waals surface area (Å²) in [5.41, 5.74) is 3.12. The van der Waals surface area contributed by atoms with E-state index in [-0.39, 0.29) is 16.1 Å². The summed E-state index contributed by atoms with van der Waals surface area (Å²) in [6, 6.07) is 9.26. The van der Waals surface area contributed by atoms with Crippen molar-refractivity contribution >= 4 is 27.3 Å². The van der Waals surface area contributed by atoms with Gasteiger partial charge in [0.2, 0.25) is 0 Å². The van der Waals surface area contributed by atoms with E-state index < -0.39 is 21.7 Å². The maximum Gasteiger partial charge on any atom is 0.261 e. The van der Waals surface area contributed by atoms with Crippen molar-refractivity contribution in [1.82, 2.24) is 9.78 Å². The minimum absolute atomic E-state index is 0.0720. The summed E-state index contributed by atoms with van der Waals surface area (Å²) in [6.07, 6.45) is 0. The van der Waals surface area contributed by atoms with Crippen molar-refractivity contribution in [3.8, 4) is 0 Å². The van der Waals surface area contributed by atoms with Gasteiger partial charge in [-0.05, 0) is 62.7 Å². The minimum atomic E-state index is -3.95. The van der Waals surface area contributed by atoms with Gasteiger partial charge in [-0.25, -0.2) is 12.8 Å². The average molecular weight is 416 g/mol. The second kappa shape index (κ2) is 7.67. The first-order chi connectivity index (χ1) is 13.6. The lowest BCUT2D eigenvalue weighted by Gasteiger charge is -2.12. The number of nitrogens with one attached hydrogen (secondary N) is 2. The molecule has 0 atom stereocenters. The van der Waals surface area contributed by atoms with E-state index >= 15 is 0 Å². The molecular weight excluding hydrogens is 395 g/mol. The fourth-order valence-corrected chi connectivity index (χ4v) is 3.96. The molecule has 1 heterocycles. The van der Waals surface area contributed by atoms with Crippen molar-refractivity contribution in [3.63, 3.8) is 0 Å². The van der Waals surface area contributed by atoms with E-state index in [1.54, 1.807) is 31.6 Å². The van der Waals surface area contributed by atoms with Crippen LogP contribution in [-0.4, -0.2) is 24.1 Å². The molecule has 9 heteroatoms. The average Bonchev–Trinajstić information content (AvgIpc) is 2.89. The number of carbonyl (C=O) groups excluding carboxylic acids is 1. The highest BCUT2D eigenvalue weighted by Gasteiger charge is 2.20. The maximum absolute atomic E-state index is 13.0. The predicted molar refractivity (Wildman–Crippen MR) is 109 cm³/mol. The van der Waals surface area contributed by atoms with Crippen LogP contribution >= 0.6 is 0 Å². The molecule has 0 aliphatic carbocycles. The molecule has 0 unspecified atom stereocenters. The van der Waals surface area contributed by atoms with Crippen LogP contribution < -0.4 is 10.0 Å². The number of hydrogen-bond donors (Lipinski definition) is 2. The molecule has 2 aromatic carbocycles. The van der Waals surface area contributed by atoms with Crippen molar-refractivity contribution in [3.05, 3.63) is 70.8 Å². The Morgan fingerprint density at radius 2 is 1.72 bits per heavy atom. The minimum Gasteiger partial charge on any atom is -0.319 e. The number of hydrogen-bond acceptors (Lipinski definition) is 4. The van der Waals surface area contributed by atoms with E-state index in [1.165, 1.54) is 24.3 Å². The smallest absolute Gasteiger partial charge is 0.261 e. The van der Waals surface area contributed by atoms with Crippen LogP contribution in [0.2, 0.25) is 0 Å². The summed E-state index contributed by atoms with van der Waals surface area (Å²) in [5.74, 6) is -0.899. The number of aryl methyl sites for hydroxylation is 3. The van der Waals surface area contributed by atoms with Gasteiger partial charge in [-0.3, -0.25) is 14.2 Å². The fraction of sp³-hybridized carbons (Fsp3) is 0.200. The predicted octanol–water partition coefficient (Wildman–Crippen LogP) is 3.54. The second-order valence-electron chi connectivity index (χ2n) is 6.71. The maximum atomic E-state index is 13.0. The first-order valence-electron chi connectivity index (χ1n) is 8.79. The molecule has 1 amide bonds. The van der Waals surface area contributed by atoms with Gasteiger partial charge in [-0.1, -0.05) is 6.07 Å². The zero-order valence-electron chi connectivity index (χ0n) is 16.4. The fourth-order valence-electron chi connectivity index (χ4n) is 2.88. The summed E-state index contributed by atoms with van der Waals surface area (Å²) in [7, 11) is -2.18. The topological polar surface area (TPSA) is 93.1 Å². The molecule has 2 N–H and O–H groups in total. The number of rotatable bonds is 5. The van der Waals surface area contributed by atoms with E-state index in [4.69, 9.17) is 0 Å². The summed E-state index contributed by atoms with van der Waals surface area (Å²) in [6.45, 7) is 5.33. The molecule has 3 rings (SSSR count). The van der Waals surface area contributed by atoms with Gasteiger partial charge in [0.25, 0.3) is 15.9 Å². The highest BCUT2D eigenvalue weighted by Crippen LogP contribution is 2.23. The molecule has 0 fully saturated rings. The van der Waals surface area contributed by atoms with Gasteiger partial charge >= 0.3 is 0 Å². The Bertz CT molecular complexity index is 1190. The van der Waals surface area contributed by atoms with Crippen LogP contribution in [-0.2, 0) is 17.1 Å². The molecule has 0 bridgehead atoms. The summed E-state index contributed by atoms with van der Waals surface area (Å²) in [4.78, 5) is 12.7. The molecular formula is C20H21FN4O3S. The third-order valence-corrected chi connectivity index (χ3v) is 5.99. The van der Waals surface area contributed by atoms with Crippen LogP contribution in [0.25, 0.3) is 0 Å². The summed E-state index contributed by atoms with van der Waals surface area (Å²) < 4.78 is 42.5. The lowest BCUT2D eigenvalue weighted by Crippen LogP contribution is -2.17. The van der Waals surface area contributed by atoms with Gasteiger partial charge in [0.05, 0.1) is 22.0 Å². The molecule has 7 nitrogen and oxygen atoms in total. The highest BCUT2D eigenvalue weighted by molar-refractivity contribution is 7.92. The third kappa shape index (κ3) is 4.29. The quantitative estimate of drug-likeness (QED) is 0.665. The Balaban J connectivity index is 1.90. The van der Waals surface area contributed by atoms with Gasteiger partial charge in [-0.2, -0.15) is 5.10 Å². The van der Waals surface area contributed by atoms with Crippen molar-refractivity contribution in [2.24, 2.45) is 7.05 Å². The van der Waals surface area contributed by atoms with Crippen LogP contribution in [0.3, 0.4) is 0 Å². The van der Waals surface area contributed by atoms with Crippen molar-refractivity contribution < 1.29 is 17.6 Å². The van der Waals surface area contributed by atoms with Crippen LogP contribution in [0, 0.1) is 26.6 Å². The number of halogens is 1. The van der Waals surface area contributed by atoms with Crippen molar-refractivity contribution in [2.45, 2.75) is 25.7 Å². The number of benzene rings is 2. The normalized spacial score (nSPS) is 11.3. The Labute approximate surface area is 168 Å². The lowest BCUT2D eigenvalue weighted by molar-refractivity contribution is 0.102. The van der Waals surface area contributed by atoms with Gasteiger partial charge < -0.3 is 5.32 Å². The molecule has 1 aromatic heterocycles. The van der Waals surface area contributed by atoms with E-state index in [1.807, 2.05) is 6.92 Å². The molecule has 0 saturated carbocycles. The highest BCUT2D eigenvalue weighted by atomic mass is 32.2. The van der Waals surface area contributed by atoms with Gasteiger partial charge in [0.1, 0.15) is 5.82 Å². The molecule has 0 saturated heterocycles. The molecule has 0 radical (unpaired) electrons. The molecule has 3 aromatic rings. The standard InChI is InChI=1S/C20H21FN4O3S/c1-12-5-10-17(29(27,28)24-16-8-6-15(21)7-9-16)11-18(12)20(26)22-19-13(2)23-25(4)14(19)3/h5-11,24H,1-4H3,(H,22,26). The monoisotopic (exact) mass is 416 g/mol. The Kier molecular flexibility index (Phi) is 5.43. The second-order valence-corrected chi connectivity index (χ2v) is 8.40. The van der Waals surface area contributed by atoms with Gasteiger partial charge in [0.15, 0.2) is 0 Å². The summed E-state index contributed by atoms with van der Waals surface area (Å²) >= 11 is 0. The van der Waals surface area contributed by atoms with Crippen molar-refractivity contribution in [2.75, 3.05) is 10.0 Å². The van der Waals surface area contributed by atoms with Crippen LogP contribution in [0.4, 0.5) is 15.8 Å². The van der Waals surface area contributed by atoms with E-state index in [9.17, 15) is 17.6 Å². The largest absolute Gasteiger partial charge is 0.319 e. The van der Waals surface area contributed by atoms with Crippen LogP contribution in [0.15, 0.2) is 47.4 Å². The number of amides is 1. The Morgan fingerprint density at radius 1 is 1.07 bits per heavy atom. The Morgan fingerprint density at radius 3 is 2.31 bits per heavy atom. The van der Waals surface area contributed by atoms with Crippen molar-refractivity contribution in [1.29, 1.82) is 0 Å². The first kappa shape index (κ1) is 20.5. The summed E-state index contributed by atoms with van der Waals surface area (Å²) in [5, 5.41) is 7.07. The number of nitrogens with zero attached hydrogens (tertiary/aromatic N) is 2. The molecule has 0 aliphatic rings. The first-order valence-corrected chi connectivity index (χ1v) is 10.3. The molecule has 29 heavy (non-hydrogen) atoms. The van der Waals surface area contributed by atoms with Crippen LogP contribution in [0.5, 0.6) is 0 Å². The molecule has 0 spiro atoms. The van der Waals surface area contributed by atoms with Gasteiger partial charge in [0, 0.05) is 18.3 Å². The number of anilines is 2. The zero-order chi connectivity index (χ0) is 21.3. The lowest BCUT2D eigenvalue weighted by atomic mass is 10.1. The number of aromatic nitrogens is 2. The zero-order valence-corrected chi connectivity index (χ0v) is 17.3. The SMILES string of the molecule is Cc1ccc(S(=O)(=O)Nc2ccc(F)cc2)cc1C(=O)Nc1c(C)nn(C)c1C. The molecule has 152 valence electrons. The Hall–Kier alpha value is -3.20. The number of carbonyl (C=O) groups is 1. The van der Waals surface area contributed by atoms with Gasteiger partial charge in [-0.15, -0.1) is 0 Å². The molecule has 0 aliphatic heterocycles. The van der Waals surface area contributed by atoms with Crippen LogP contribution in [0.1, 0.15) is 27.3 Å².